The molecule has 3 aromatic carbocycles. The fraction of sp³-hybridized carbons (Fsp3) is 0.154. The minimum Gasteiger partial charge on any atom is -0.507 e. The van der Waals surface area contributed by atoms with Gasteiger partial charge < -0.3 is 19.3 Å². The number of anilines is 1. The van der Waals surface area contributed by atoms with Crippen molar-refractivity contribution in [3.63, 3.8) is 0 Å². The molecule has 0 radical (unpaired) electrons. The lowest BCUT2D eigenvalue weighted by Crippen LogP contribution is -2.29. The van der Waals surface area contributed by atoms with Gasteiger partial charge in [0.2, 0.25) is 6.79 Å². The summed E-state index contributed by atoms with van der Waals surface area (Å²) in [4.78, 5) is 28.0. The fourth-order valence-electron chi connectivity index (χ4n) is 4.26. The van der Waals surface area contributed by atoms with E-state index in [1.807, 2.05) is 25.1 Å². The fourth-order valence-corrected chi connectivity index (χ4v) is 4.26. The normalized spacial score (nSPS) is 18.6. The summed E-state index contributed by atoms with van der Waals surface area (Å²) in [5, 5.41) is 11.3. The number of fused-ring (bicyclic) bond motifs is 1. The van der Waals surface area contributed by atoms with Crippen molar-refractivity contribution >= 4 is 23.1 Å². The van der Waals surface area contributed by atoms with Crippen molar-refractivity contribution < 1.29 is 28.9 Å². The molecule has 2 aliphatic heterocycles. The SMILES string of the molecule is COc1ccccc1C1/C(=C(\O)c2ccc3c(c2)OCO3)C(=O)C(=O)N1c1cccc(C)c1. The van der Waals surface area contributed by atoms with E-state index in [-0.39, 0.29) is 18.1 Å². The summed E-state index contributed by atoms with van der Waals surface area (Å²) in [6.45, 7) is 1.99. The first-order chi connectivity index (χ1) is 16.0. The van der Waals surface area contributed by atoms with Gasteiger partial charge in [-0.2, -0.15) is 0 Å². The van der Waals surface area contributed by atoms with Crippen molar-refractivity contribution in [3.8, 4) is 17.2 Å². The zero-order valence-electron chi connectivity index (χ0n) is 18.1. The van der Waals surface area contributed by atoms with Crippen molar-refractivity contribution in [2.24, 2.45) is 0 Å². The molecule has 1 saturated heterocycles. The van der Waals surface area contributed by atoms with Crippen LogP contribution in [0.4, 0.5) is 5.69 Å². The average molecular weight is 443 g/mol. The zero-order valence-corrected chi connectivity index (χ0v) is 18.1. The lowest BCUT2D eigenvalue weighted by Gasteiger charge is -2.27. The highest BCUT2D eigenvalue weighted by atomic mass is 16.7. The summed E-state index contributed by atoms with van der Waals surface area (Å²) in [5.74, 6) is -0.286. The molecule has 2 heterocycles. The topological polar surface area (TPSA) is 85.3 Å². The van der Waals surface area contributed by atoms with Crippen LogP contribution in [0.1, 0.15) is 22.7 Å². The second-order valence-corrected chi connectivity index (χ2v) is 7.82. The highest BCUT2D eigenvalue weighted by Crippen LogP contribution is 2.45. The molecule has 0 bridgehead atoms. The average Bonchev–Trinajstić information content (AvgIpc) is 3.40. The molecule has 1 amide bonds. The Morgan fingerprint density at radius 2 is 1.79 bits per heavy atom. The van der Waals surface area contributed by atoms with Crippen LogP contribution in [0.15, 0.2) is 72.3 Å². The third-order valence-electron chi connectivity index (χ3n) is 5.80. The molecule has 0 spiro atoms. The summed E-state index contributed by atoms with van der Waals surface area (Å²) < 4.78 is 16.3. The minimum absolute atomic E-state index is 0.0233. The first-order valence-electron chi connectivity index (χ1n) is 10.4. The van der Waals surface area contributed by atoms with Crippen LogP contribution in [0.5, 0.6) is 17.2 Å². The summed E-state index contributed by atoms with van der Waals surface area (Å²) in [7, 11) is 1.52. The number of carbonyl (C=O) groups excluding carboxylic acids is 2. The largest absolute Gasteiger partial charge is 0.507 e. The van der Waals surface area contributed by atoms with Crippen LogP contribution in [-0.2, 0) is 9.59 Å². The van der Waals surface area contributed by atoms with E-state index in [0.29, 0.717) is 34.1 Å². The highest BCUT2D eigenvalue weighted by Gasteiger charge is 2.48. The van der Waals surface area contributed by atoms with E-state index in [4.69, 9.17) is 14.2 Å². The van der Waals surface area contributed by atoms with Gasteiger partial charge >= 0.3 is 0 Å². The second-order valence-electron chi connectivity index (χ2n) is 7.82. The number of carbonyl (C=O) groups is 2. The highest BCUT2D eigenvalue weighted by molar-refractivity contribution is 6.51. The first-order valence-corrected chi connectivity index (χ1v) is 10.4. The lowest BCUT2D eigenvalue weighted by molar-refractivity contribution is -0.132. The van der Waals surface area contributed by atoms with Crippen LogP contribution in [-0.4, -0.2) is 30.7 Å². The minimum atomic E-state index is -0.881. The second kappa shape index (κ2) is 8.02. The molecule has 1 N–H and O–H groups in total. The van der Waals surface area contributed by atoms with Crippen molar-refractivity contribution in [2.75, 3.05) is 18.8 Å². The molecule has 0 aliphatic carbocycles. The molecule has 2 aliphatic rings. The predicted octanol–water partition coefficient (Wildman–Crippen LogP) is 4.36. The van der Waals surface area contributed by atoms with Gasteiger partial charge in [0.25, 0.3) is 11.7 Å². The number of aliphatic hydroxyl groups is 1. The number of benzene rings is 3. The van der Waals surface area contributed by atoms with Gasteiger partial charge in [-0.3, -0.25) is 14.5 Å². The number of ketones is 1. The molecule has 0 saturated carbocycles. The lowest BCUT2D eigenvalue weighted by atomic mass is 9.94. The number of ether oxygens (including phenoxy) is 3. The Kier molecular flexibility index (Phi) is 5.01. The molecule has 1 unspecified atom stereocenters. The Bertz CT molecular complexity index is 1310. The number of hydrogen-bond donors (Lipinski definition) is 1. The van der Waals surface area contributed by atoms with E-state index < -0.39 is 17.7 Å². The Morgan fingerprint density at radius 1 is 1.00 bits per heavy atom. The molecule has 7 heteroatoms. The maximum atomic E-state index is 13.3. The van der Waals surface area contributed by atoms with Crippen LogP contribution in [0.25, 0.3) is 5.76 Å². The van der Waals surface area contributed by atoms with E-state index in [1.165, 1.54) is 12.0 Å². The molecule has 5 rings (SSSR count). The summed E-state index contributed by atoms with van der Waals surface area (Å²) >= 11 is 0. The van der Waals surface area contributed by atoms with E-state index in [0.717, 1.165) is 5.56 Å². The number of hydrogen-bond acceptors (Lipinski definition) is 6. The van der Waals surface area contributed by atoms with E-state index in [2.05, 4.69) is 0 Å². The third-order valence-corrected chi connectivity index (χ3v) is 5.80. The number of amides is 1. The van der Waals surface area contributed by atoms with Crippen LogP contribution in [0, 0.1) is 6.92 Å². The van der Waals surface area contributed by atoms with Crippen LogP contribution in [0.3, 0.4) is 0 Å². The van der Waals surface area contributed by atoms with Crippen molar-refractivity contribution in [1.29, 1.82) is 0 Å². The zero-order chi connectivity index (χ0) is 23.1. The van der Waals surface area contributed by atoms with E-state index in [1.54, 1.807) is 48.5 Å². The van der Waals surface area contributed by atoms with Gasteiger partial charge in [0.15, 0.2) is 11.5 Å². The number of para-hydroxylation sites is 1. The molecule has 0 aromatic heterocycles. The smallest absolute Gasteiger partial charge is 0.300 e. The molecular formula is C26H21NO6. The van der Waals surface area contributed by atoms with Crippen LogP contribution >= 0.6 is 0 Å². The number of aliphatic hydroxyl groups excluding tert-OH is 1. The van der Waals surface area contributed by atoms with E-state index in [9.17, 15) is 14.7 Å². The molecule has 166 valence electrons. The van der Waals surface area contributed by atoms with Crippen molar-refractivity contribution in [1.82, 2.24) is 0 Å². The summed E-state index contributed by atoms with van der Waals surface area (Å²) in [6, 6.07) is 18.5. The number of methoxy groups -OCH3 is 1. The van der Waals surface area contributed by atoms with Crippen LogP contribution < -0.4 is 19.1 Å². The molecule has 33 heavy (non-hydrogen) atoms. The molecule has 1 fully saturated rings. The Labute approximate surface area is 190 Å². The molecule has 1 atom stereocenters. The van der Waals surface area contributed by atoms with Crippen molar-refractivity contribution in [2.45, 2.75) is 13.0 Å². The Morgan fingerprint density at radius 3 is 2.58 bits per heavy atom. The van der Waals surface area contributed by atoms with Gasteiger partial charge in [0.1, 0.15) is 11.5 Å². The number of Topliss-reactive ketones (excluding diaryl/α,β-unsaturated/α-hetero) is 1. The van der Waals surface area contributed by atoms with Crippen LogP contribution in [0.2, 0.25) is 0 Å². The van der Waals surface area contributed by atoms with Gasteiger partial charge in [-0.25, -0.2) is 0 Å². The van der Waals surface area contributed by atoms with Gasteiger partial charge in [0.05, 0.1) is 18.7 Å². The van der Waals surface area contributed by atoms with Gasteiger partial charge in [0, 0.05) is 16.8 Å². The van der Waals surface area contributed by atoms with E-state index >= 15 is 0 Å². The van der Waals surface area contributed by atoms with Gasteiger partial charge in [-0.1, -0.05) is 30.3 Å². The maximum Gasteiger partial charge on any atom is 0.300 e. The standard InChI is InChI=1S/C26H21NO6/c1-15-6-5-7-17(12-15)27-23(18-8-3-4-9-19(18)31-2)22(25(29)26(27)30)24(28)16-10-11-20-21(13-16)33-14-32-20/h3-13,23,28H,14H2,1-2H3/b24-22+. The summed E-state index contributed by atoms with van der Waals surface area (Å²) in [6.07, 6.45) is 0. The number of rotatable bonds is 4. The number of aryl methyl sites for hydroxylation is 1. The van der Waals surface area contributed by atoms with Gasteiger partial charge in [-0.15, -0.1) is 0 Å². The Balaban J connectivity index is 1.74. The Hall–Kier alpha value is -4.26. The third kappa shape index (κ3) is 3.38. The molecular weight excluding hydrogens is 422 g/mol. The first kappa shape index (κ1) is 20.6. The maximum absolute atomic E-state index is 13.3. The predicted molar refractivity (Wildman–Crippen MR) is 122 cm³/mol. The molecule has 7 nitrogen and oxygen atoms in total. The molecule has 3 aromatic rings. The quantitative estimate of drug-likeness (QED) is 0.366. The van der Waals surface area contributed by atoms with Gasteiger partial charge in [-0.05, 0) is 48.9 Å². The van der Waals surface area contributed by atoms with Crippen molar-refractivity contribution in [3.05, 3.63) is 89.0 Å². The number of nitrogens with zero attached hydrogens (tertiary/aromatic N) is 1. The monoisotopic (exact) mass is 443 g/mol. The summed E-state index contributed by atoms with van der Waals surface area (Å²) in [5.41, 5.74) is 2.40.